The zero-order valence-electron chi connectivity index (χ0n) is 11.2. The van der Waals surface area contributed by atoms with Crippen molar-refractivity contribution in [1.29, 1.82) is 0 Å². The van der Waals surface area contributed by atoms with E-state index in [-0.39, 0.29) is 0 Å². The van der Waals surface area contributed by atoms with Gasteiger partial charge in [0.1, 0.15) is 12.4 Å². The van der Waals surface area contributed by atoms with Gasteiger partial charge in [-0.05, 0) is 29.8 Å². The fourth-order valence-corrected chi connectivity index (χ4v) is 2.38. The minimum atomic E-state index is -0.593. The maximum atomic E-state index is 11.0. The predicted molar refractivity (Wildman–Crippen MR) is 83.4 cm³/mol. The highest BCUT2D eigenvalue weighted by atomic mass is 35.5. The molecule has 0 bridgehead atoms. The van der Waals surface area contributed by atoms with Crippen LogP contribution in [-0.2, 0) is 6.61 Å². The van der Waals surface area contributed by atoms with E-state index in [1.165, 1.54) is 0 Å². The van der Waals surface area contributed by atoms with Crippen molar-refractivity contribution >= 4 is 23.2 Å². The lowest BCUT2D eigenvalue weighted by molar-refractivity contribution is 0.306. The van der Waals surface area contributed by atoms with Gasteiger partial charge in [-0.2, -0.15) is 0 Å². The maximum absolute atomic E-state index is 11.0. The molecule has 7 heteroatoms. The summed E-state index contributed by atoms with van der Waals surface area (Å²) in [5, 5.41) is 4.65. The summed E-state index contributed by atoms with van der Waals surface area (Å²) >= 11 is 11.9. The second-order valence-corrected chi connectivity index (χ2v) is 5.35. The summed E-state index contributed by atoms with van der Waals surface area (Å²) in [6.07, 6.45) is 0. The van der Waals surface area contributed by atoms with Crippen LogP contribution in [0.4, 0.5) is 0 Å². The third-order valence-corrected chi connectivity index (χ3v) is 3.46. The Balaban J connectivity index is 1.77. The molecule has 0 fully saturated rings. The number of H-pyrrole nitrogens is 1. The van der Waals surface area contributed by atoms with Gasteiger partial charge in [0.2, 0.25) is 0 Å². The van der Waals surface area contributed by atoms with Crippen LogP contribution in [-0.4, -0.2) is 10.1 Å². The van der Waals surface area contributed by atoms with Crippen LogP contribution in [0.3, 0.4) is 0 Å². The van der Waals surface area contributed by atoms with Crippen LogP contribution in [0, 0.1) is 0 Å². The molecule has 0 aliphatic heterocycles. The molecule has 5 nitrogen and oxygen atoms in total. The molecule has 1 aromatic heterocycles. The summed E-state index contributed by atoms with van der Waals surface area (Å²) in [5.74, 6) is 0.326. The number of hydrogen-bond acceptors (Lipinski definition) is 4. The number of halogens is 2. The molecule has 3 rings (SSSR count). The average molecular weight is 337 g/mol. The molecular weight excluding hydrogens is 327 g/mol. The molecule has 3 aromatic rings. The first-order valence-electron chi connectivity index (χ1n) is 6.35. The second kappa shape index (κ2) is 6.25. The van der Waals surface area contributed by atoms with Gasteiger partial charge in [-0.25, -0.2) is 4.79 Å². The van der Waals surface area contributed by atoms with E-state index < -0.39 is 5.76 Å². The number of benzene rings is 2. The third kappa shape index (κ3) is 3.32. The Morgan fingerprint density at radius 3 is 2.77 bits per heavy atom. The molecule has 0 unspecified atom stereocenters. The lowest BCUT2D eigenvalue weighted by atomic mass is 10.1. The molecule has 0 aliphatic carbocycles. The van der Waals surface area contributed by atoms with Gasteiger partial charge in [-0.15, -0.1) is 0 Å². The molecule has 0 aliphatic rings. The maximum Gasteiger partial charge on any atom is 0.439 e. The van der Waals surface area contributed by atoms with E-state index in [1.807, 2.05) is 24.3 Å². The number of nitrogens with one attached hydrogen (secondary N) is 1. The van der Waals surface area contributed by atoms with Crippen LogP contribution in [0.5, 0.6) is 5.75 Å². The highest BCUT2D eigenvalue weighted by Gasteiger charge is 2.06. The van der Waals surface area contributed by atoms with Crippen molar-refractivity contribution < 1.29 is 9.26 Å². The van der Waals surface area contributed by atoms with Crippen molar-refractivity contribution in [2.45, 2.75) is 6.61 Å². The van der Waals surface area contributed by atoms with Crippen LogP contribution in [0.2, 0.25) is 10.0 Å². The van der Waals surface area contributed by atoms with Crippen LogP contribution in [0.15, 0.2) is 51.8 Å². The Bertz CT molecular complexity index is 858. The SMILES string of the molecule is O=c1[nH]c(-c2cccc(COc3ccc(Cl)cc3Cl)c2)no1. The van der Waals surface area contributed by atoms with E-state index in [0.29, 0.717) is 28.2 Å². The fourth-order valence-electron chi connectivity index (χ4n) is 1.92. The molecule has 0 radical (unpaired) electrons. The Hall–Kier alpha value is -2.24. The van der Waals surface area contributed by atoms with E-state index in [0.717, 1.165) is 11.1 Å². The van der Waals surface area contributed by atoms with E-state index in [4.69, 9.17) is 27.9 Å². The van der Waals surface area contributed by atoms with Crippen molar-refractivity contribution in [1.82, 2.24) is 10.1 Å². The summed E-state index contributed by atoms with van der Waals surface area (Å²) < 4.78 is 10.2. The van der Waals surface area contributed by atoms with Crippen molar-refractivity contribution in [3.05, 3.63) is 68.6 Å². The smallest absolute Gasteiger partial charge is 0.439 e. The average Bonchev–Trinajstić information content (AvgIpc) is 2.93. The lowest BCUT2D eigenvalue weighted by Gasteiger charge is -2.09. The molecule has 0 saturated heterocycles. The van der Waals surface area contributed by atoms with Gasteiger partial charge < -0.3 is 4.74 Å². The largest absolute Gasteiger partial charge is 0.487 e. The van der Waals surface area contributed by atoms with Crippen LogP contribution in [0.1, 0.15) is 5.56 Å². The summed E-state index contributed by atoms with van der Waals surface area (Å²) in [4.78, 5) is 13.5. The first kappa shape index (κ1) is 14.7. The summed E-state index contributed by atoms with van der Waals surface area (Å²) in [6.45, 7) is 0.317. The van der Waals surface area contributed by atoms with E-state index in [9.17, 15) is 4.79 Å². The predicted octanol–water partition coefficient (Wildman–Crippen LogP) is 3.92. The molecule has 0 spiro atoms. The normalized spacial score (nSPS) is 10.6. The van der Waals surface area contributed by atoms with Crippen molar-refractivity contribution in [2.75, 3.05) is 0 Å². The number of rotatable bonds is 4. The van der Waals surface area contributed by atoms with Gasteiger partial charge in [-0.3, -0.25) is 9.51 Å². The van der Waals surface area contributed by atoms with Crippen molar-refractivity contribution in [3.63, 3.8) is 0 Å². The molecule has 1 N–H and O–H groups in total. The molecule has 22 heavy (non-hydrogen) atoms. The molecule has 0 saturated carbocycles. The standard InChI is InChI=1S/C15H10Cl2N2O3/c16-11-4-5-13(12(17)7-11)21-8-9-2-1-3-10(6-9)14-18-15(20)22-19-14/h1-7H,8H2,(H,18,19,20). The van der Waals surface area contributed by atoms with Crippen LogP contribution in [0.25, 0.3) is 11.4 Å². The first-order valence-corrected chi connectivity index (χ1v) is 7.10. The molecule has 2 aromatic carbocycles. The van der Waals surface area contributed by atoms with Crippen LogP contribution < -0.4 is 10.5 Å². The van der Waals surface area contributed by atoms with E-state index in [1.54, 1.807) is 18.2 Å². The number of hydrogen-bond donors (Lipinski definition) is 1. The lowest BCUT2D eigenvalue weighted by Crippen LogP contribution is -1.97. The van der Waals surface area contributed by atoms with E-state index >= 15 is 0 Å². The Kier molecular flexibility index (Phi) is 4.18. The van der Waals surface area contributed by atoms with Crippen molar-refractivity contribution in [3.8, 4) is 17.1 Å². The highest BCUT2D eigenvalue weighted by molar-refractivity contribution is 6.35. The topological polar surface area (TPSA) is 68.1 Å². The quantitative estimate of drug-likeness (QED) is 0.784. The van der Waals surface area contributed by atoms with Crippen LogP contribution >= 0.6 is 23.2 Å². The van der Waals surface area contributed by atoms with Crippen molar-refractivity contribution in [2.24, 2.45) is 0 Å². The summed E-state index contributed by atoms with van der Waals surface area (Å²) in [6, 6.07) is 12.4. The van der Waals surface area contributed by atoms with Gasteiger partial charge in [0.15, 0.2) is 5.82 Å². The first-order chi connectivity index (χ1) is 10.6. The monoisotopic (exact) mass is 336 g/mol. The molecule has 1 heterocycles. The zero-order valence-corrected chi connectivity index (χ0v) is 12.7. The van der Waals surface area contributed by atoms with Gasteiger partial charge in [0.05, 0.1) is 5.02 Å². The summed E-state index contributed by atoms with van der Waals surface area (Å²) in [5.41, 5.74) is 1.63. The van der Waals surface area contributed by atoms with Gasteiger partial charge >= 0.3 is 5.76 Å². The molecule has 0 amide bonds. The Morgan fingerprint density at radius 1 is 1.18 bits per heavy atom. The highest BCUT2D eigenvalue weighted by Crippen LogP contribution is 2.28. The van der Waals surface area contributed by atoms with E-state index in [2.05, 4.69) is 14.7 Å². The minimum Gasteiger partial charge on any atom is -0.487 e. The second-order valence-electron chi connectivity index (χ2n) is 4.51. The van der Waals surface area contributed by atoms with Gasteiger partial charge in [0.25, 0.3) is 0 Å². The number of ether oxygens (including phenoxy) is 1. The third-order valence-electron chi connectivity index (χ3n) is 2.93. The number of aromatic nitrogens is 2. The zero-order chi connectivity index (χ0) is 15.5. The summed E-state index contributed by atoms with van der Waals surface area (Å²) in [7, 11) is 0. The minimum absolute atomic E-state index is 0.317. The fraction of sp³-hybridized carbons (Fsp3) is 0.0667. The molecule has 112 valence electrons. The van der Waals surface area contributed by atoms with Gasteiger partial charge in [-0.1, -0.05) is 46.6 Å². The number of aromatic amines is 1. The number of nitrogens with zero attached hydrogens (tertiary/aromatic N) is 1. The van der Waals surface area contributed by atoms with Gasteiger partial charge in [0, 0.05) is 10.6 Å². The Morgan fingerprint density at radius 2 is 2.05 bits per heavy atom. The Labute approximate surface area is 135 Å². The molecular formula is C15H10Cl2N2O3. The molecule has 0 atom stereocenters.